The first-order valence-electron chi connectivity index (χ1n) is 9.08. The number of hydrogen-bond acceptors (Lipinski definition) is 6. The molecule has 2 heterocycles. The first-order valence-corrected chi connectivity index (χ1v) is 9.08. The van der Waals surface area contributed by atoms with Crippen molar-refractivity contribution in [2.24, 2.45) is 0 Å². The molecule has 0 aliphatic carbocycles. The number of methoxy groups -OCH3 is 3. The van der Waals surface area contributed by atoms with Crippen LogP contribution in [-0.4, -0.2) is 76.6 Å². The smallest absolute Gasteiger partial charge is 0.203 e. The van der Waals surface area contributed by atoms with Gasteiger partial charge in [-0.15, -0.1) is 0 Å². The third-order valence-corrected chi connectivity index (χ3v) is 5.25. The molecule has 25 heavy (non-hydrogen) atoms. The molecule has 0 atom stereocenters. The molecule has 0 unspecified atom stereocenters. The zero-order valence-corrected chi connectivity index (χ0v) is 15.6. The summed E-state index contributed by atoms with van der Waals surface area (Å²) in [5, 5.41) is 0. The predicted octanol–water partition coefficient (Wildman–Crippen LogP) is 2.01. The highest BCUT2D eigenvalue weighted by Crippen LogP contribution is 2.38. The van der Waals surface area contributed by atoms with Gasteiger partial charge in [-0.25, -0.2) is 0 Å². The number of morpholine rings is 1. The van der Waals surface area contributed by atoms with Gasteiger partial charge in [-0.3, -0.25) is 9.80 Å². The van der Waals surface area contributed by atoms with E-state index in [-0.39, 0.29) is 0 Å². The fraction of sp³-hybridized carbons (Fsp3) is 0.684. The third kappa shape index (κ3) is 4.37. The molecule has 2 aliphatic rings. The minimum atomic E-state index is 0.653. The molecule has 0 aromatic heterocycles. The Morgan fingerprint density at radius 1 is 0.920 bits per heavy atom. The van der Waals surface area contributed by atoms with Crippen LogP contribution >= 0.6 is 0 Å². The summed E-state index contributed by atoms with van der Waals surface area (Å²) >= 11 is 0. The Labute approximate surface area is 150 Å². The predicted molar refractivity (Wildman–Crippen MR) is 96.8 cm³/mol. The van der Waals surface area contributed by atoms with Gasteiger partial charge in [-0.05, 0) is 43.6 Å². The number of rotatable bonds is 6. The Balaban J connectivity index is 1.60. The maximum Gasteiger partial charge on any atom is 0.203 e. The Morgan fingerprint density at radius 2 is 1.52 bits per heavy atom. The fourth-order valence-corrected chi connectivity index (χ4v) is 3.87. The molecule has 3 rings (SSSR count). The van der Waals surface area contributed by atoms with Gasteiger partial charge in [0.05, 0.1) is 34.5 Å². The fourth-order valence-electron chi connectivity index (χ4n) is 3.87. The quantitative estimate of drug-likeness (QED) is 0.782. The Kier molecular flexibility index (Phi) is 6.39. The molecule has 1 aromatic rings. The molecule has 6 heteroatoms. The molecule has 0 saturated carbocycles. The van der Waals surface area contributed by atoms with Gasteiger partial charge < -0.3 is 18.9 Å². The lowest BCUT2D eigenvalue weighted by molar-refractivity contribution is 0.000222. The molecule has 0 bridgehead atoms. The molecular weight excluding hydrogens is 320 g/mol. The topological polar surface area (TPSA) is 43.4 Å². The van der Waals surface area contributed by atoms with Gasteiger partial charge in [-0.1, -0.05) is 0 Å². The van der Waals surface area contributed by atoms with Crippen LogP contribution in [0.15, 0.2) is 12.1 Å². The van der Waals surface area contributed by atoms with E-state index in [1.54, 1.807) is 21.3 Å². The average Bonchev–Trinajstić information content (AvgIpc) is 2.68. The lowest BCUT2D eigenvalue weighted by atomic mass is 10.0. The van der Waals surface area contributed by atoms with E-state index in [1.807, 2.05) is 0 Å². The van der Waals surface area contributed by atoms with Crippen molar-refractivity contribution in [3.05, 3.63) is 17.7 Å². The first-order chi connectivity index (χ1) is 12.2. The normalized spacial score (nSPS) is 20.4. The summed E-state index contributed by atoms with van der Waals surface area (Å²) < 4.78 is 21.8. The second kappa shape index (κ2) is 8.74. The Morgan fingerprint density at radius 3 is 2.04 bits per heavy atom. The van der Waals surface area contributed by atoms with Crippen LogP contribution in [0.2, 0.25) is 0 Å². The van der Waals surface area contributed by atoms with Crippen molar-refractivity contribution in [2.45, 2.75) is 25.4 Å². The standard InChI is InChI=1S/C19H30N2O4/c1-22-17-12-15(13-18(23-2)19(17)24-3)14-20-6-4-16(5-7-20)21-8-10-25-11-9-21/h12-13,16H,4-11,14H2,1-3H3. The van der Waals surface area contributed by atoms with E-state index < -0.39 is 0 Å². The summed E-state index contributed by atoms with van der Waals surface area (Å²) in [6.45, 7) is 7.08. The molecule has 140 valence electrons. The molecule has 2 saturated heterocycles. The molecule has 0 radical (unpaired) electrons. The van der Waals surface area contributed by atoms with E-state index in [9.17, 15) is 0 Å². The highest BCUT2D eigenvalue weighted by Gasteiger charge is 2.26. The zero-order chi connectivity index (χ0) is 17.6. The van der Waals surface area contributed by atoms with Crippen LogP contribution in [0, 0.1) is 0 Å². The summed E-state index contributed by atoms with van der Waals surface area (Å²) in [6.07, 6.45) is 2.45. The Bertz CT molecular complexity index is 527. The number of nitrogens with zero attached hydrogens (tertiary/aromatic N) is 2. The van der Waals surface area contributed by atoms with Crippen LogP contribution < -0.4 is 14.2 Å². The Hall–Kier alpha value is -1.50. The molecule has 0 N–H and O–H groups in total. The van der Waals surface area contributed by atoms with Crippen molar-refractivity contribution in [3.63, 3.8) is 0 Å². The van der Waals surface area contributed by atoms with Gasteiger partial charge in [0.15, 0.2) is 11.5 Å². The molecule has 2 fully saturated rings. The minimum absolute atomic E-state index is 0.653. The summed E-state index contributed by atoms with van der Waals surface area (Å²) in [5.41, 5.74) is 1.19. The maximum absolute atomic E-state index is 5.47. The summed E-state index contributed by atoms with van der Waals surface area (Å²) in [6, 6.07) is 4.81. The lowest BCUT2D eigenvalue weighted by Crippen LogP contribution is -2.48. The van der Waals surface area contributed by atoms with Crippen molar-refractivity contribution in [1.82, 2.24) is 9.80 Å². The van der Waals surface area contributed by atoms with Gasteiger partial charge in [0.1, 0.15) is 0 Å². The first kappa shape index (κ1) is 18.3. The highest BCUT2D eigenvalue weighted by atomic mass is 16.5. The molecule has 1 aromatic carbocycles. The zero-order valence-electron chi connectivity index (χ0n) is 15.6. The second-order valence-corrected chi connectivity index (χ2v) is 6.69. The molecule has 6 nitrogen and oxygen atoms in total. The van der Waals surface area contributed by atoms with Crippen LogP contribution in [0.1, 0.15) is 18.4 Å². The van der Waals surface area contributed by atoms with Crippen molar-refractivity contribution in [1.29, 1.82) is 0 Å². The van der Waals surface area contributed by atoms with E-state index in [0.29, 0.717) is 11.8 Å². The van der Waals surface area contributed by atoms with Crippen molar-refractivity contribution in [3.8, 4) is 17.2 Å². The van der Waals surface area contributed by atoms with E-state index in [0.717, 1.165) is 57.4 Å². The van der Waals surface area contributed by atoms with Gasteiger partial charge in [0, 0.05) is 25.7 Å². The number of likely N-dealkylation sites (tertiary alicyclic amines) is 1. The highest BCUT2D eigenvalue weighted by molar-refractivity contribution is 5.53. The van der Waals surface area contributed by atoms with Crippen LogP contribution in [0.25, 0.3) is 0 Å². The maximum atomic E-state index is 5.47. The molecule has 0 spiro atoms. The van der Waals surface area contributed by atoms with Crippen molar-refractivity contribution >= 4 is 0 Å². The number of ether oxygens (including phenoxy) is 4. The van der Waals surface area contributed by atoms with Gasteiger partial charge in [-0.2, -0.15) is 0 Å². The number of piperidine rings is 1. The van der Waals surface area contributed by atoms with Gasteiger partial charge in [0.25, 0.3) is 0 Å². The SMILES string of the molecule is COc1cc(CN2CCC(N3CCOCC3)CC2)cc(OC)c1OC. The third-order valence-electron chi connectivity index (χ3n) is 5.25. The van der Waals surface area contributed by atoms with Gasteiger partial charge in [0.2, 0.25) is 5.75 Å². The number of benzene rings is 1. The van der Waals surface area contributed by atoms with Crippen LogP contribution in [-0.2, 0) is 11.3 Å². The van der Waals surface area contributed by atoms with E-state index in [1.165, 1.54) is 18.4 Å². The largest absolute Gasteiger partial charge is 0.493 e. The molecule has 0 amide bonds. The van der Waals surface area contributed by atoms with Crippen LogP contribution in [0.3, 0.4) is 0 Å². The molecular formula is C19H30N2O4. The summed E-state index contributed by atoms with van der Waals surface area (Å²) in [4.78, 5) is 5.11. The summed E-state index contributed by atoms with van der Waals surface area (Å²) in [7, 11) is 4.96. The molecule has 2 aliphatic heterocycles. The van der Waals surface area contributed by atoms with E-state index >= 15 is 0 Å². The number of hydrogen-bond donors (Lipinski definition) is 0. The lowest BCUT2D eigenvalue weighted by Gasteiger charge is -2.40. The summed E-state index contributed by atoms with van der Waals surface area (Å²) in [5.74, 6) is 2.10. The van der Waals surface area contributed by atoms with E-state index in [4.69, 9.17) is 18.9 Å². The van der Waals surface area contributed by atoms with Crippen LogP contribution in [0.4, 0.5) is 0 Å². The minimum Gasteiger partial charge on any atom is -0.493 e. The van der Waals surface area contributed by atoms with Crippen molar-refractivity contribution in [2.75, 3.05) is 60.7 Å². The second-order valence-electron chi connectivity index (χ2n) is 6.69. The van der Waals surface area contributed by atoms with Crippen LogP contribution in [0.5, 0.6) is 17.2 Å². The van der Waals surface area contributed by atoms with Crippen molar-refractivity contribution < 1.29 is 18.9 Å². The van der Waals surface area contributed by atoms with Gasteiger partial charge >= 0.3 is 0 Å². The average molecular weight is 350 g/mol. The van der Waals surface area contributed by atoms with E-state index in [2.05, 4.69) is 21.9 Å². The monoisotopic (exact) mass is 350 g/mol.